The first-order valence-corrected chi connectivity index (χ1v) is 13.4. The van der Waals surface area contributed by atoms with Gasteiger partial charge in [0.25, 0.3) is 5.91 Å². The van der Waals surface area contributed by atoms with Gasteiger partial charge in [-0.25, -0.2) is 0 Å². The molecule has 0 aliphatic carbocycles. The van der Waals surface area contributed by atoms with Crippen molar-refractivity contribution in [3.8, 4) is 10.4 Å². The molecule has 0 saturated carbocycles. The molecule has 0 saturated heterocycles. The summed E-state index contributed by atoms with van der Waals surface area (Å²) < 4.78 is 1.24. The largest absolute Gasteiger partial charge is 0.481 e. The van der Waals surface area contributed by atoms with Gasteiger partial charge in [-0.05, 0) is 71.8 Å². The summed E-state index contributed by atoms with van der Waals surface area (Å²) in [4.78, 5) is 37.2. The molecule has 4 rings (SSSR count). The van der Waals surface area contributed by atoms with E-state index in [9.17, 15) is 14.4 Å². The van der Waals surface area contributed by atoms with Crippen molar-refractivity contribution in [3.05, 3.63) is 84.4 Å². The zero-order valence-corrected chi connectivity index (χ0v) is 22.2. The van der Waals surface area contributed by atoms with Crippen LogP contribution in [0.3, 0.4) is 0 Å². The van der Waals surface area contributed by atoms with Crippen molar-refractivity contribution < 1.29 is 19.5 Å². The number of carboxylic acid groups (broad SMARTS) is 1. The number of carbonyl (C=O) groups is 3. The van der Waals surface area contributed by atoms with Gasteiger partial charge in [-0.15, -0.1) is 11.3 Å². The number of amides is 2. The lowest BCUT2D eigenvalue weighted by molar-refractivity contribution is -0.136. The second kappa shape index (κ2) is 12.4. The Bertz CT molecular complexity index is 1380. The highest BCUT2D eigenvalue weighted by atomic mass is 32.1. The van der Waals surface area contributed by atoms with Gasteiger partial charge in [-0.3, -0.25) is 14.4 Å². The molecule has 1 heterocycles. The summed E-state index contributed by atoms with van der Waals surface area (Å²) in [6.45, 7) is 4.19. The Balaban J connectivity index is 1.39. The van der Waals surface area contributed by atoms with E-state index >= 15 is 0 Å². The maximum Gasteiger partial charge on any atom is 0.305 e. The minimum Gasteiger partial charge on any atom is -0.481 e. The Morgan fingerprint density at radius 3 is 2.24 bits per heavy atom. The number of fused-ring (bicyclic) bond motifs is 1. The first kappa shape index (κ1) is 26.9. The molecule has 0 aliphatic rings. The minimum absolute atomic E-state index is 0.0653. The first-order chi connectivity index (χ1) is 18.3. The van der Waals surface area contributed by atoms with Crippen LogP contribution in [-0.2, 0) is 9.59 Å². The van der Waals surface area contributed by atoms with Gasteiger partial charge in [-0.2, -0.15) is 0 Å². The van der Waals surface area contributed by atoms with Crippen LogP contribution in [0.2, 0.25) is 0 Å². The molecule has 4 N–H and O–H groups in total. The zero-order valence-electron chi connectivity index (χ0n) is 21.4. The highest BCUT2D eigenvalue weighted by Gasteiger charge is 2.20. The van der Waals surface area contributed by atoms with Crippen LogP contribution >= 0.6 is 11.3 Å². The molecule has 7 nitrogen and oxygen atoms in total. The predicted molar refractivity (Wildman–Crippen MR) is 154 cm³/mol. The summed E-state index contributed by atoms with van der Waals surface area (Å²) >= 11 is 1.74. The molecule has 0 unspecified atom stereocenters. The number of carboxylic acids is 1. The molecule has 0 spiro atoms. The van der Waals surface area contributed by atoms with Gasteiger partial charge >= 0.3 is 5.97 Å². The number of anilines is 2. The quantitative estimate of drug-likeness (QED) is 0.184. The van der Waals surface area contributed by atoms with E-state index in [0.29, 0.717) is 17.7 Å². The number of rotatable bonds is 11. The molecule has 8 heteroatoms. The van der Waals surface area contributed by atoms with E-state index < -0.39 is 12.0 Å². The van der Waals surface area contributed by atoms with Gasteiger partial charge in [0.15, 0.2) is 0 Å². The van der Waals surface area contributed by atoms with Crippen LogP contribution < -0.4 is 16.0 Å². The van der Waals surface area contributed by atoms with E-state index in [1.165, 1.54) is 15.0 Å². The van der Waals surface area contributed by atoms with Crippen LogP contribution in [0.4, 0.5) is 11.4 Å². The van der Waals surface area contributed by atoms with Gasteiger partial charge < -0.3 is 21.1 Å². The summed E-state index contributed by atoms with van der Waals surface area (Å²) in [6.07, 6.45) is 0.494. The molecule has 4 aromatic rings. The summed E-state index contributed by atoms with van der Waals surface area (Å²) in [5.74, 6) is -1.16. The number of benzene rings is 3. The highest BCUT2D eigenvalue weighted by molar-refractivity contribution is 7.22. The van der Waals surface area contributed by atoms with Crippen molar-refractivity contribution >= 4 is 50.6 Å². The molecule has 3 aromatic carbocycles. The average molecular weight is 530 g/mol. The zero-order chi connectivity index (χ0) is 27.1. The Labute approximate surface area is 225 Å². The second-order valence-electron chi connectivity index (χ2n) is 9.52. The summed E-state index contributed by atoms with van der Waals surface area (Å²) in [6, 6.07) is 24.7. The number of hydrogen-bond donors (Lipinski definition) is 4. The number of nitrogens with one attached hydrogen (secondary N) is 3. The van der Waals surface area contributed by atoms with Gasteiger partial charge in [0.1, 0.15) is 6.04 Å². The molecule has 38 heavy (non-hydrogen) atoms. The summed E-state index contributed by atoms with van der Waals surface area (Å²) in [5.41, 5.74) is 2.97. The number of carbonyl (C=O) groups excluding carboxylic acids is 2. The lowest BCUT2D eigenvalue weighted by Gasteiger charge is -2.21. The third-order valence-corrected chi connectivity index (χ3v) is 7.16. The van der Waals surface area contributed by atoms with Crippen molar-refractivity contribution in [2.24, 2.45) is 5.92 Å². The average Bonchev–Trinajstić information content (AvgIpc) is 3.33. The van der Waals surface area contributed by atoms with E-state index in [-0.39, 0.29) is 30.7 Å². The molecular formula is C30H31N3O4S. The summed E-state index contributed by atoms with van der Waals surface area (Å²) in [7, 11) is 0. The third kappa shape index (κ3) is 7.20. The predicted octanol–water partition coefficient (Wildman–Crippen LogP) is 6.24. The van der Waals surface area contributed by atoms with E-state index in [2.05, 4.69) is 48.0 Å². The molecule has 0 fully saturated rings. The lowest BCUT2D eigenvalue weighted by Crippen LogP contribution is -2.35. The van der Waals surface area contributed by atoms with Gasteiger partial charge in [0.2, 0.25) is 5.91 Å². The topological polar surface area (TPSA) is 108 Å². The first-order valence-electron chi connectivity index (χ1n) is 12.5. The standard InChI is InChI=1S/C30H31N3O4S/c1-19(2)17-25(32-23-13-9-21(10-14-23)29(36)31-16-15-28(34)35)30(37)33-24-11-7-20(8-12-24)27-18-22-5-3-4-6-26(22)38-27/h3-14,18-19,25,32H,15-17H2,1-2H3,(H,31,36)(H,33,37)(H,34,35)/t25-/m0/s1. The molecule has 0 radical (unpaired) electrons. The Morgan fingerprint density at radius 1 is 0.895 bits per heavy atom. The lowest BCUT2D eigenvalue weighted by atomic mass is 10.0. The van der Waals surface area contributed by atoms with Gasteiger partial charge in [-0.1, -0.05) is 44.2 Å². The Kier molecular flexibility index (Phi) is 8.76. The van der Waals surface area contributed by atoms with Crippen molar-refractivity contribution in [3.63, 3.8) is 0 Å². The molecule has 0 bridgehead atoms. The monoisotopic (exact) mass is 529 g/mol. The van der Waals surface area contributed by atoms with Crippen LogP contribution in [0.1, 0.15) is 37.0 Å². The molecular weight excluding hydrogens is 498 g/mol. The van der Waals surface area contributed by atoms with E-state index in [0.717, 1.165) is 11.3 Å². The number of aliphatic carboxylic acids is 1. The molecule has 1 aromatic heterocycles. The molecule has 196 valence electrons. The maximum absolute atomic E-state index is 13.2. The van der Waals surface area contributed by atoms with Crippen LogP contribution in [0.15, 0.2) is 78.9 Å². The molecule has 2 amide bonds. The summed E-state index contributed by atoms with van der Waals surface area (Å²) in [5, 5.41) is 18.8. The fourth-order valence-corrected chi connectivity index (χ4v) is 5.15. The van der Waals surface area contributed by atoms with Crippen molar-refractivity contribution in [2.75, 3.05) is 17.2 Å². The molecule has 1 atom stereocenters. The van der Waals surface area contributed by atoms with Crippen molar-refractivity contribution in [2.45, 2.75) is 32.7 Å². The SMILES string of the molecule is CC(C)C[C@H](Nc1ccc(C(=O)NCCC(=O)O)cc1)C(=O)Nc1ccc(-c2cc3ccccc3s2)cc1. The van der Waals surface area contributed by atoms with Crippen molar-refractivity contribution in [1.29, 1.82) is 0 Å². The fraction of sp³-hybridized carbons (Fsp3) is 0.233. The highest BCUT2D eigenvalue weighted by Crippen LogP contribution is 2.33. The fourth-order valence-electron chi connectivity index (χ4n) is 4.08. The maximum atomic E-state index is 13.2. The normalized spacial score (nSPS) is 11.8. The van der Waals surface area contributed by atoms with Crippen molar-refractivity contribution in [1.82, 2.24) is 5.32 Å². The van der Waals surface area contributed by atoms with Crippen LogP contribution in [0.25, 0.3) is 20.5 Å². The van der Waals surface area contributed by atoms with Crippen LogP contribution in [-0.4, -0.2) is 35.5 Å². The van der Waals surface area contributed by atoms with Crippen LogP contribution in [0, 0.1) is 5.92 Å². The van der Waals surface area contributed by atoms with Gasteiger partial charge in [0.05, 0.1) is 6.42 Å². The minimum atomic E-state index is -0.966. The van der Waals surface area contributed by atoms with E-state index in [1.807, 2.05) is 36.4 Å². The third-order valence-electron chi connectivity index (χ3n) is 6.00. The number of thiophene rings is 1. The Hall–Kier alpha value is -4.17. The Morgan fingerprint density at radius 2 is 1.58 bits per heavy atom. The van der Waals surface area contributed by atoms with Gasteiger partial charge in [0, 0.05) is 33.1 Å². The van der Waals surface area contributed by atoms with Crippen LogP contribution in [0.5, 0.6) is 0 Å². The smallest absolute Gasteiger partial charge is 0.305 e. The second-order valence-corrected chi connectivity index (χ2v) is 10.6. The van der Waals surface area contributed by atoms with E-state index in [4.69, 9.17) is 5.11 Å². The number of hydrogen-bond acceptors (Lipinski definition) is 5. The molecule has 0 aliphatic heterocycles. The van der Waals surface area contributed by atoms with E-state index in [1.54, 1.807) is 35.6 Å².